The molecule has 0 aliphatic heterocycles. The molecule has 0 saturated carbocycles. The third kappa shape index (κ3) is 2.81. The summed E-state index contributed by atoms with van der Waals surface area (Å²) in [5.74, 6) is 2.37. The highest BCUT2D eigenvalue weighted by Crippen LogP contribution is 2.26. The van der Waals surface area contributed by atoms with E-state index in [2.05, 4.69) is 37.7 Å². The van der Waals surface area contributed by atoms with Crippen LogP contribution in [0.5, 0.6) is 0 Å². The lowest BCUT2D eigenvalue weighted by atomic mass is 10.1. The van der Waals surface area contributed by atoms with Gasteiger partial charge in [0.15, 0.2) is 11.5 Å². The van der Waals surface area contributed by atoms with Crippen LogP contribution in [-0.4, -0.2) is 29.8 Å². The second-order valence-electron chi connectivity index (χ2n) is 6.48. The lowest BCUT2D eigenvalue weighted by Gasteiger charge is -2.14. The van der Waals surface area contributed by atoms with Crippen molar-refractivity contribution in [3.8, 4) is 11.3 Å². The van der Waals surface area contributed by atoms with Crippen LogP contribution < -0.4 is 5.32 Å². The van der Waals surface area contributed by atoms with Gasteiger partial charge in [-0.3, -0.25) is 5.10 Å². The molecule has 4 rings (SSSR count). The second kappa shape index (κ2) is 6.25. The average molecular weight is 347 g/mol. The van der Waals surface area contributed by atoms with Gasteiger partial charge in [-0.1, -0.05) is 30.3 Å². The fourth-order valence-electron chi connectivity index (χ4n) is 2.93. The van der Waals surface area contributed by atoms with Crippen molar-refractivity contribution < 1.29 is 0 Å². The predicted molar refractivity (Wildman–Crippen MR) is 101 cm³/mol. The maximum Gasteiger partial charge on any atom is 0.172 e. The second-order valence-corrected chi connectivity index (χ2v) is 6.48. The highest BCUT2D eigenvalue weighted by molar-refractivity contribution is 5.68. The molecule has 0 amide bonds. The van der Waals surface area contributed by atoms with Crippen LogP contribution in [0, 0.1) is 20.8 Å². The molecule has 0 spiro atoms. The van der Waals surface area contributed by atoms with E-state index >= 15 is 0 Å². The SMILES string of the molecule is Cc1nc([C@H](C)Nc2cc(-c3ccccc3)nc3c(C)c(C)nn23)n[nH]1. The topological polar surface area (TPSA) is 83.8 Å². The monoisotopic (exact) mass is 347 g/mol. The molecule has 0 fully saturated rings. The summed E-state index contributed by atoms with van der Waals surface area (Å²) in [5, 5.41) is 15.3. The zero-order chi connectivity index (χ0) is 18.3. The fraction of sp³-hybridized carbons (Fsp3) is 0.263. The van der Waals surface area contributed by atoms with Crippen molar-refractivity contribution in [1.29, 1.82) is 0 Å². The third-order valence-electron chi connectivity index (χ3n) is 4.49. The van der Waals surface area contributed by atoms with Gasteiger partial charge >= 0.3 is 0 Å². The summed E-state index contributed by atoms with van der Waals surface area (Å²) < 4.78 is 1.85. The Kier molecular flexibility index (Phi) is 3.91. The number of nitrogens with zero attached hydrogens (tertiary/aromatic N) is 5. The minimum atomic E-state index is -0.0704. The van der Waals surface area contributed by atoms with E-state index in [9.17, 15) is 0 Å². The van der Waals surface area contributed by atoms with Crippen LogP contribution in [0.15, 0.2) is 36.4 Å². The first-order chi connectivity index (χ1) is 12.5. The average Bonchev–Trinajstić information content (AvgIpc) is 3.20. The number of nitrogens with one attached hydrogen (secondary N) is 2. The Morgan fingerprint density at radius 3 is 2.54 bits per heavy atom. The first kappa shape index (κ1) is 16.3. The van der Waals surface area contributed by atoms with E-state index in [1.807, 2.05) is 56.5 Å². The fourth-order valence-corrected chi connectivity index (χ4v) is 2.93. The first-order valence-corrected chi connectivity index (χ1v) is 8.61. The van der Waals surface area contributed by atoms with Crippen LogP contribution in [0.4, 0.5) is 5.82 Å². The van der Waals surface area contributed by atoms with Crippen LogP contribution in [0.1, 0.15) is 35.9 Å². The zero-order valence-corrected chi connectivity index (χ0v) is 15.3. The van der Waals surface area contributed by atoms with Gasteiger partial charge in [0.2, 0.25) is 0 Å². The Morgan fingerprint density at radius 2 is 1.85 bits per heavy atom. The van der Waals surface area contributed by atoms with Gasteiger partial charge in [0.1, 0.15) is 11.6 Å². The number of H-pyrrole nitrogens is 1. The lowest BCUT2D eigenvalue weighted by Crippen LogP contribution is -2.12. The van der Waals surface area contributed by atoms with Crippen LogP contribution in [0.3, 0.4) is 0 Å². The molecule has 2 N–H and O–H groups in total. The van der Waals surface area contributed by atoms with E-state index in [0.717, 1.165) is 39.8 Å². The molecular formula is C19H21N7. The van der Waals surface area contributed by atoms with Crippen LogP contribution in [0.25, 0.3) is 16.9 Å². The number of benzene rings is 1. The summed E-state index contributed by atoms with van der Waals surface area (Å²) in [6, 6.07) is 12.1. The van der Waals surface area contributed by atoms with Crippen molar-refractivity contribution in [2.45, 2.75) is 33.7 Å². The van der Waals surface area contributed by atoms with Crippen LogP contribution in [0.2, 0.25) is 0 Å². The number of hydrogen-bond donors (Lipinski definition) is 2. The normalized spacial score (nSPS) is 12.5. The van der Waals surface area contributed by atoms with Gasteiger partial charge < -0.3 is 5.32 Å². The quantitative estimate of drug-likeness (QED) is 0.589. The van der Waals surface area contributed by atoms with Gasteiger partial charge in [-0.15, -0.1) is 0 Å². The molecule has 7 nitrogen and oxygen atoms in total. The molecule has 1 aromatic carbocycles. The predicted octanol–water partition coefficient (Wildman–Crippen LogP) is 3.61. The van der Waals surface area contributed by atoms with Gasteiger partial charge in [-0.05, 0) is 27.7 Å². The Hall–Kier alpha value is -3.22. The molecule has 26 heavy (non-hydrogen) atoms. The van der Waals surface area contributed by atoms with Crippen molar-refractivity contribution in [2.75, 3.05) is 5.32 Å². The Morgan fingerprint density at radius 1 is 1.08 bits per heavy atom. The summed E-state index contributed by atoms with van der Waals surface area (Å²) in [6.45, 7) is 7.96. The molecule has 4 aromatic rings. The maximum absolute atomic E-state index is 4.83. The standard InChI is InChI=1S/C19H21N7/c1-11-12(2)25-26-17(20-13(3)18-21-14(4)23-24-18)10-16(22-19(11)26)15-8-6-5-7-9-15/h5-10,13,20H,1-4H3,(H,21,23,24)/t13-/m0/s1. The third-order valence-corrected chi connectivity index (χ3v) is 4.49. The number of aryl methyl sites for hydroxylation is 3. The van der Waals surface area contributed by atoms with E-state index < -0.39 is 0 Å². The summed E-state index contributed by atoms with van der Waals surface area (Å²) in [5.41, 5.74) is 4.86. The van der Waals surface area contributed by atoms with Gasteiger partial charge in [0.25, 0.3) is 0 Å². The van der Waals surface area contributed by atoms with Crippen molar-refractivity contribution in [1.82, 2.24) is 29.8 Å². The summed E-state index contributed by atoms with van der Waals surface area (Å²) >= 11 is 0. The van der Waals surface area contributed by atoms with Crippen LogP contribution >= 0.6 is 0 Å². The Bertz CT molecular complexity index is 1060. The van der Waals surface area contributed by atoms with Crippen molar-refractivity contribution in [3.63, 3.8) is 0 Å². The molecule has 0 aliphatic carbocycles. The molecule has 132 valence electrons. The molecule has 0 bridgehead atoms. The Balaban J connectivity index is 1.83. The first-order valence-electron chi connectivity index (χ1n) is 8.61. The number of hydrogen-bond acceptors (Lipinski definition) is 5. The van der Waals surface area contributed by atoms with E-state index in [1.165, 1.54) is 0 Å². The van der Waals surface area contributed by atoms with Crippen molar-refractivity contribution >= 4 is 11.5 Å². The molecule has 0 saturated heterocycles. The van der Waals surface area contributed by atoms with Gasteiger partial charge in [0.05, 0.1) is 17.4 Å². The summed E-state index contributed by atoms with van der Waals surface area (Å²) in [4.78, 5) is 9.25. The van der Waals surface area contributed by atoms with Gasteiger partial charge in [0, 0.05) is 17.2 Å². The van der Waals surface area contributed by atoms with E-state index in [0.29, 0.717) is 5.82 Å². The molecule has 3 aromatic heterocycles. The molecule has 1 atom stereocenters. The molecule has 7 heteroatoms. The number of aromatic nitrogens is 6. The maximum atomic E-state index is 4.83. The van der Waals surface area contributed by atoms with E-state index in [4.69, 9.17) is 4.98 Å². The van der Waals surface area contributed by atoms with E-state index in [-0.39, 0.29) is 6.04 Å². The summed E-state index contributed by atoms with van der Waals surface area (Å²) in [7, 11) is 0. The van der Waals surface area contributed by atoms with E-state index in [1.54, 1.807) is 0 Å². The number of aromatic amines is 1. The summed E-state index contributed by atoms with van der Waals surface area (Å²) in [6.07, 6.45) is 0. The molecular weight excluding hydrogens is 326 g/mol. The van der Waals surface area contributed by atoms with Crippen LogP contribution in [-0.2, 0) is 0 Å². The largest absolute Gasteiger partial charge is 0.360 e. The molecule has 0 aliphatic rings. The highest BCUT2D eigenvalue weighted by atomic mass is 15.3. The smallest absolute Gasteiger partial charge is 0.172 e. The number of rotatable bonds is 4. The Labute approximate surface area is 151 Å². The minimum absolute atomic E-state index is 0.0704. The highest BCUT2D eigenvalue weighted by Gasteiger charge is 2.17. The molecule has 0 unspecified atom stereocenters. The molecule has 3 heterocycles. The van der Waals surface area contributed by atoms with Crippen molar-refractivity contribution in [3.05, 3.63) is 59.3 Å². The molecule has 0 radical (unpaired) electrons. The van der Waals surface area contributed by atoms with Gasteiger partial charge in [-0.25, -0.2) is 9.97 Å². The zero-order valence-electron chi connectivity index (χ0n) is 15.3. The lowest BCUT2D eigenvalue weighted by molar-refractivity contribution is 0.775. The van der Waals surface area contributed by atoms with Gasteiger partial charge in [-0.2, -0.15) is 14.7 Å². The minimum Gasteiger partial charge on any atom is -0.360 e. The number of fused-ring (bicyclic) bond motifs is 1. The number of anilines is 1. The van der Waals surface area contributed by atoms with Crippen molar-refractivity contribution in [2.24, 2.45) is 0 Å².